The van der Waals surface area contributed by atoms with Gasteiger partial charge in [0.05, 0.1) is 5.69 Å². The molecule has 6 heteroatoms. The van der Waals surface area contributed by atoms with Gasteiger partial charge in [0.15, 0.2) is 0 Å². The zero-order valence-corrected chi connectivity index (χ0v) is 12.9. The molecule has 0 aliphatic carbocycles. The minimum absolute atomic E-state index is 0.0915. The quantitative estimate of drug-likeness (QED) is 0.806. The molecule has 0 fully saturated rings. The Hall–Kier alpha value is -2.50. The number of hydrogen-bond acceptors (Lipinski definition) is 3. The van der Waals surface area contributed by atoms with Crippen LogP contribution in [0.2, 0.25) is 0 Å². The van der Waals surface area contributed by atoms with Crippen molar-refractivity contribution in [1.29, 1.82) is 0 Å². The highest BCUT2D eigenvalue weighted by Crippen LogP contribution is 2.24. The van der Waals surface area contributed by atoms with Crippen molar-refractivity contribution < 1.29 is 15.0 Å². The van der Waals surface area contributed by atoms with Crippen LogP contribution in [0.5, 0.6) is 5.75 Å². The van der Waals surface area contributed by atoms with E-state index in [9.17, 15) is 14.7 Å². The van der Waals surface area contributed by atoms with Crippen LogP contribution in [0.1, 0.15) is 38.4 Å². The second-order valence-electron chi connectivity index (χ2n) is 6.27. The summed E-state index contributed by atoms with van der Waals surface area (Å²) in [4.78, 5) is 23.4. The molecule has 1 aromatic heterocycles. The Labute approximate surface area is 128 Å². The highest BCUT2D eigenvalue weighted by Gasteiger charge is 2.25. The number of carboxylic acids is 1. The first-order valence-corrected chi connectivity index (χ1v) is 7.05. The number of phenolic OH excluding ortho intramolecular Hbond substituents is 1. The molecule has 0 aliphatic rings. The molecule has 22 heavy (non-hydrogen) atoms. The van der Waals surface area contributed by atoms with Gasteiger partial charge in [-0.05, 0) is 30.7 Å². The zero-order valence-electron chi connectivity index (χ0n) is 12.9. The third kappa shape index (κ3) is 3.21. The van der Waals surface area contributed by atoms with Crippen molar-refractivity contribution in [3.05, 3.63) is 45.9 Å². The monoisotopic (exact) mass is 304 g/mol. The number of carbonyl (C=O) groups is 1. The summed E-state index contributed by atoms with van der Waals surface area (Å²) in [6.07, 6.45) is 0.0914. The van der Waals surface area contributed by atoms with Crippen molar-refractivity contribution in [2.75, 3.05) is 0 Å². The molecule has 2 rings (SSSR count). The Morgan fingerprint density at radius 2 is 1.82 bits per heavy atom. The van der Waals surface area contributed by atoms with E-state index in [-0.39, 0.29) is 29.6 Å². The maximum absolute atomic E-state index is 12.6. The van der Waals surface area contributed by atoms with Gasteiger partial charge < -0.3 is 10.2 Å². The van der Waals surface area contributed by atoms with Crippen LogP contribution < -0.4 is 5.56 Å². The number of nitrogens with zero attached hydrogens (tertiary/aromatic N) is 1. The lowest BCUT2D eigenvalue weighted by atomic mass is 9.88. The van der Waals surface area contributed by atoms with Crippen LogP contribution in [0, 0.1) is 0 Å². The lowest BCUT2D eigenvalue weighted by Gasteiger charge is -2.18. The number of H-pyrrole nitrogens is 1. The highest BCUT2D eigenvalue weighted by atomic mass is 16.4. The van der Waals surface area contributed by atoms with Gasteiger partial charge in [-0.2, -0.15) is 0 Å². The summed E-state index contributed by atoms with van der Waals surface area (Å²) in [5, 5.41) is 21.3. The van der Waals surface area contributed by atoms with E-state index in [1.165, 1.54) is 16.8 Å². The minimum Gasteiger partial charge on any atom is -0.508 e. The van der Waals surface area contributed by atoms with Crippen molar-refractivity contribution in [2.24, 2.45) is 0 Å². The van der Waals surface area contributed by atoms with Gasteiger partial charge in [-0.3, -0.25) is 14.7 Å². The normalized spacial score (nSPS) is 11.6. The Morgan fingerprint density at radius 1 is 1.23 bits per heavy atom. The third-order valence-corrected chi connectivity index (χ3v) is 3.43. The summed E-state index contributed by atoms with van der Waals surface area (Å²) < 4.78 is 1.39. The Bertz CT molecular complexity index is 733. The molecule has 0 aliphatic heterocycles. The van der Waals surface area contributed by atoms with Gasteiger partial charge in [0.1, 0.15) is 5.75 Å². The predicted molar refractivity (Wildman–Crippen MR) is 82.7 cm³/mol. The van der Waals surface area contributed by atoms with Crippen LogP contribution in [-0.2, 0) is 16.6 Å². The van der Waals surface area contributed by atoms with Crippen LogP contribution in [0.15, 0.2) is 29.1 Å². The Morgan fingerprint density at radius 3 is 2.32 bits per heavy atom. The van der Waals surface area contributed by atoms with E-state index < -0.39 is 5.97 Å². The molecular formula is C16H20N2O4. The molecule has 1 aromatic carbocycles. The van der Waals surface area contributed by atoms with Crippen molar-refractivity contribution in [3.63, 3.8) is 0 Å². The second kappa shape index (κ2) is 5.71. The molecule has 0 saturated carbocycles. The Balaban J connectivity index is 2.55. The lowest BCUT2D eigenvalue weighted by molar-refractivity contribution is -0.136. The molecule has 0 atom stereocenters. The van der Waals surface area contributed by atoms with Gasteiger partial charge >= 0.3 is 5.97 Å². The lowest BCUT2D eigenvalue weighted by Crippen LogP contribution is -2.19. The number of aromatic hydroxyl groups is 1. The standard InChI is InChI=1S/C16H20N2O4/c1-16(2,3)14-12(8-9-13(20)21)15(22)18(17-14)10-4-6-11(19)7-5-10/h4-7,17,19H,8-9H2,1-3H3,(H,20,21). The summed E-state index contributed by atoms with van der Waals surface area (Å²) in [5.41, 5.74) is 1.25. The Kier molecular flexibility index (Phi) is 4.12. The summed E-state index contributed by atoms with van der Waals surface area (Å²) >= 11 is 0. The fourth-order valence-electron chi connectivity index (χ4n) is 2.34. The largest absolute Gasteiger partial charge is 0.508 e. The van der Waals surface area contributed by atoms with Crippen molar-refractivity contribution in [1.82, 2.24) is 9.78 Å². The predicted octanol–water partition coefficient (Wildman–Crippen LogP) is 2.19. The van der Waals surface area contributed by atoms with Crippen molar-refractivity contribution in [3.8, 4) is 11.4 Å². The first kappa shape index (κ1) is 15.9. The van der Waals surface area contributed by atoms with E-state index in [1.54, 1.807) is 12.1 Å². The highest BCUT2D eigenvalue weighted by molar-refractivity contribution is 5.67. The molecule has 2 aromatic rings. The first-order chi connectivity index (χ1) is 10.2. The smallest absolute Gasteiger partial charge is 0.303 e. The molecule has 0 unspecified atom stereocenters. The number of benzene rings is 1. The van der Waals surface area contributed by atoms with E-state index >= 15 is 0 Å². The van der Waals surface area contributed by atoms with Gasteiger partial charge in [0.25, 0.3) is 5.56 Å². The molecule has 6 nitrogen and oxygen atoms in total. The average Bonchev–Trinajstić information content (AvgIpc) is 2.74. The summed E-state index contributed by atoms with van der Waals surface area (Å²) in [6.45, 7) is 5.89. The van der Waals surface area contributed by atoms with Gasteiger partial charge in [-0.25, -0.2) is 4.68 Å². The van der Waals surface area contributed by atoms with Crippen LogP contribution >= 0.6 is 0 Å². The molecular weight excluding hydrogens is 284 g/mol. The fraction of sp³-hybridized carbons (Fsp3) is 0.375. The maximum Gasteiger partial charge on any atom is 0.303 e. The SMILES string of the molecule is CC(C)(C)c1[nH]n(-c2ccc(O)cc2)c(=O)c1CCC(=O)O. The fourth-order valence-corrected chi connectivity index (χ4v) is 2.34. The van der Waals surface area contributed by atoms with Crippen LogP contribution in [-0.4, -0.2) is 26.0 Å². The third-order valence-electron chi connectivity index (χ3n) is 3.43. The summed E-state index contributed by atoms with van der Waals surface area (Å²) in [5.74, 6) is -0.817. The number of carboxylic acid groups (broad SMARTS) is 1. The van der Waals surface area contributed by atoms with E-state index in [2.05, 4.69) is 5.10 Å². The molecule has 1 heterocycles. The topological polar surface area (TPSA) is 95.3 Å². The van der Waals surface area contributed by atoms with Crippen molar-refractivity contribution in [2.45, 2.75) is 39.0 Å². The molecule has 118 valence electrons. The van der Waals surface area contributed by atoms with Gasteiger partial charge in [-0.1, -0.05) is 20.8 Å². The molecule has 0 saturated heterocycles. The van der Waals surface area contributed by atoms with Crippen LogP contribution in [0.3, 0.4) is 0 Å². The molecule has 0 radical (unpaired) electrons. The zero-order chi connectivity index (χ0) is 16.5. The first-order valence-electron chi connectivity index (χ1n) is 7.05. The number of aliphatic carboxylic acids is 1. The molecule has 0 amide bonds. The van der Waals surface area contributed by atoms with Gasteiger partial charge in [0.2, 0.25) is 0 Å². The van der Waals surface area contributed by atoms with E-state index in [0.717, 1.165) is 5.69 Å². The molecule has 0 bridgehead atoms. The summed E-state index contributed by atoms with van der Waals surface area (Å²) in [7, 11) is 0. The van der Waals surface area contributed by atoms with Gasteiger partial charge in [0, 0.05) is 23.1 Å². The average molecular weight is 304 g/mol. The number of hydrogen-bond donors (Lipinski definition) is 3. The van der Waals surface area contributed by atoms with E-state index in [1.807, 2.05) is 20.8 Å². The maximum atomic E-state index is 12.6. The summed E-state index contributed by atoms with van der Waals surface area (Å²) in [6, 6.07) is 6.24. The number of phenols is 1. The number of rotatable bonds is 4. The van der Waals surface area contributed by atoms with E-state index in [4.69, 9.17) is 5.11 Å². The minimum atomic E-state index is -0.934. The number of aromatic amines is 1. The van der Waals surface area contributed by atoms with E-state index in [0.29, 0.717) is 11.3 Å². The van der Waals surface area contributed by atoms with Crippen LogP contribution in [0.4, 0.5) is 0 Å². The van der Waals surface area contributed by atoms with Crippen molar-refractivity contribution >= 4 is 5.97 Å². The van der Waals surface area contributed by atoms with Gasteiger partial charge in [-0.15, -0.1) is 0 Å². The number of nitrogens with one attached hydrogen (secondary N) is 1. The second-order valence-corrected chi connectivity index (χ2v) is 6.27. The molecule has 0 spiro atoms. The number of aromatic nitrogens is 2. The van der Waals surface area contributed by atoms with Crippen LogP contribution in [0.25, 0.3) is 5.69 Å². The molecule has 3 N–H and O–H groups in total.